The van der Waals surface area contributed by atoms with Gasteiger partial charge in [-0.3, -0.25) is 9.89 Å². The second-order valence-corrected chi connectivity index (χ2v) is 4.69. The number of ether oxygens (including phenoxy) is 1. The first-order valence-electron chi connectivity index (χ1n) is 6.42. The van der Waals surface area contributed by atoms with Gasteiger partial charge in [0.15, 0.2) is 0 Å². The van der Waals surface area contributed by atoms with Crippen molar-refractivity contribution < 1.29 is 9.53 Å². The third kappa shape index (κ3) is 1.99. The van der Waals surface area contributed by atoms with Crippen LogP contribution in [0.5, 0.6) is 0 Å². The van der Waals surface area contributed by atoms with Crippen molar-refractivity contribution in [3.8, 4) is 5.69 Å². The van der Waals surface area contributed by atoms with E-state index in [-0.39, 0.29) is 12.1 Å². The molecule has 0 unspecified atom stereocenters. The van der Waals surface area contributed by atoms with Gasteiger partial charge in [0.2, 0.25) is 0 Å². The first-order chi connectivity index (χ1) is 9.70. The average molecular weight is 273 g/mol. The van der Waals surface area contributed by atoms with Gasteiger partial charge in [0.25, 0.3) is 5.56 Å². The van der Waals surface area contributed by atoms with Gasteiger partial charge < -0.3 is 9.64 Å². The molecule has 0 spiro atoms. The number of H-pyrrole nitrogens is 1. The number of methoxy groups -OCH3 is 1. The number of aromatic amines is 1. The molecule has 2 heterocycles. The molecule has 20 heavy (non-hydrogen) atoms. The largest absolute Gasteiger partial charge is 0.453 e. The Kier molecular flexibility index (Phi) is 3.06. The van der Waals surface area contributed by atoms with Crippen LogP contribution >= 0.6 is 0 Å². The number of hydrogen-bond donors (Lipinski definition) is 1. The van der Waals surface area contributed by atoms with Crippen LogP contribution in [-0.4, -0.2) is 34.4 Å². The number of rotatable bonds is 1. The Morgan fingerprint density at radius 1 is 1.30 bits per heavy atom. The molecule has 6 heteroatoms. The highest BCUT2D eigenvalue weighted by molar-refractivity contribution is 5.67. The Labute approximate surface area is 115 Å². The average Bonchev–Trinajstić information content (AvgIpc) is 2.84. The summed E-state index contributed by atoms with van der Waals surface area (Å²) in [6.45, 7) is 0.839. The normalized spacial score (nSPS) is 13.9. The lowest BCUT2D eigenvalue weighted by molar-refractivity contribution is 0.118. The van der Waals surface area contributed by atoms with Gasteiger partial charge in [-0.1, -0.05) is 18.2 Å². The first kappa shape index (κ1) is 12.5. The molecule has 6 nitrogen and oxygen atoms in total. The molecule has 1 aliphatic heterocycles. The van der Waals surface area contributed by atoms with Crippen LogP contribution in [0.4, 0.5) is 4.79 Å². The minimum absolute atomic E-state index is 0.111. The fraction of sp³-hybridized carbons (Fsp3) is 0.286. The summed E-state index contributed by atoms with van der Waals surface area (Å²) >= 11 is 0. The number of amides is 1. The highest BCUT2D eigenvalue weighted by Crippen LogP contribution is 2.16. The third-order valence-corrected chi connectivity index (χ3v) is 3.50. The molecular formula is C14H15N3O3. The predicted octanol–water partition coefficient (Wildman–Crippen LogP) is 1.29. The molecule has 0 saturated carbocycles. The number of hydrogen-bond acceptors (Lipinski definition) is 3. The van der Waals surface area contributed by atoms with E-state index in [0.29, 0.717) is 18.5 Å². The van der Waals surface area contributed by atoms with Gasteiger partial charge in [-0.2, -0.15) is 0 Å². The van der Waals surface area contributed by atoms with E-state index in [2.05, 4.69) is 5.10 Å². The number of carbonyl (C=O) groups is 1. The zero-order chi connectivity index (χ0) is 14.1. The number of benzene rings is 1. The molecule has 0 aliphatic carbocycles. The van der Waals surface area contributed by atoms with E-state index in [1.165, 1.54) is 16.7 Å². The molecule has 1 amide bonds. The molecule has 0 radical (unpaired) electrons. The van der Waals surface area contributed by atoms with Crippen LogP contribution in [0.1, 0.15) is 11.3 Å². The first-order valence-corrected chi connectivity index (χ1v) is 6.42. The summed E-state index contributed by atoms with van der Waals surface area (Å²) < 4.78 is 6.22. The minimum Gasteiger partial charge on any atom is -0.453 e. The van der Waals surface area contributed by atoms with Crippen molar-refractivity contribution in [1.82, 2.24) is 14.7 Å². The summed E-state index contributed by atoms with van der Waals surface area (Å²) in [5.41, 5.74) is 2.20. The lowest BCUT2D eigenvalue weighted by Gasteiger charge is -2.24. The van der Waals surface area contributed by atoms with Crippen LogP contribution in [0, 0.1) is 0 Å². The SMILES string of the molecule is COC(=O)N1CCc2[nH]n(-c3ccccc3)c(=O)c2C1. The maximum atomic E-state index is 12.4. The van der Waals surface area contributed by atoms with Crippen molar-refractivity contribution >= 4 is 6.09 Å². The number of carbonyl (C=O) groups excluding carboxylic acids is 1. The van der Waals surface area contributed by atoms with Crippen molar-refractivity contribution in [2.75, 3.05) is 13.7 Å². The van der Waals surface area contributed by atoms with E-state index in [4.69, 9.17) is 4.74 Å². The van der Waals surface area contributed by atoms with E-state index in [1.54, 1.807) is 0 Å². The Balaban J connectivity index is 1.99. The molecule has 3 rings (SSSR count). The van der Waals surface area contributed by atoms with E-state index in [1.807, 2.05) is 30.3 Å². The van der Waals surface area contributed by atoms with E-state index < -0.39 is 6.09 Å². The fourth-order valence-corrected chi connectivity index (χ4v) is 2.45. The maximum absolute atomic E-state index is 12.4. The van der Waals surface area contributed by atoms with Crippen molar-refractivity contribution in [3.63, 3.8) is 0 Å². The molecule has 1 aromatic carbocycles. The molecule has 1 aliphatic rings. The molecule has 0 fully saturated rings. The lowest BCUT2D eigenvalue weighted by atomic mass is 10.1. The van der Waals surface area contributed by atoms with Crippen molar-refractivity contribution in [3.05, 3.63) is 51.9 Å². The summed E-state index contributed by atoms with van der Waals surface area (Å²) in [5, 5.41) is 3.12. The Morgan fingerprint density at radius 2 is 2.05 bits per heavy atom. The van der Waals surface area contributed by atoms with Crippen LogP contribution in [0.3, 0.4) is 0 Å². The van der Waals surface area contributed by atoms with Gasteiger partial charge in [-0.05, 0) is 12.1 Å². The van der Waals surface area contributed by atoms with E-state index in [9.17, 15) is 9.59 Å². The van der Waals surface area contributed by atoms with Crippen molar-refractivity contribution in [2.24, 2.45) is 0 Å². The van der Waals surface area contributed by atoms with Crippen LogP contribution < -0.4 is 5.56 Å². The molecule has 2 aromatic rings. The van der Waals surface area contributed by atoms with Crippen LogP contribution in [0.15, 0.2) is 35.1 Å². The summed E-state index contributed by atoms with van der Waals surface area (Å²) in [6, 6.07) is 9.38. The molecule has 0 saturated heterocycles. The maximum Gasteiger partial charge on any atom is 0.409 e. The van der Waals surface area contributed by atoms with Gasteiger partial charge in [0.05, 0.1) is 24.9 Å². The topological polar surface area (TPSA) is 67.3 Å². The zero-order valence-electron chi connectivity index (χ0n) is 11.1. The molecule has 1 N–H and O–H groups in total. The van der Waals surface area contributed by atoms with Crippen LogP contribution in [-0.2, 0) is 17.7 Å². The highest BCUT2D eigenvalue weighted by Gasteiger charge is 2.26. The minimum atomic E-state index is -0.400. The van der Waals surface area contributed by atoms with Crippen LogP contribution in [0.2, 0.25) is 0 Å². The third-order valence-electron chi connectivity index (χ3n) is 3.50. The quantitative estimate of drug-likeness (QED) is 0.851. The summed E-state index contributed by atoms with van der Waals surface area (Å²) in [4.78, 5) is 25.5. The smallest absolute Gasteiger partial charge is 0.409 e. The van der Waals surface area contributed by atoms with Gasteiger partial charge in [0, 0.05) is 18.7 Å². The van der Waals surface area contributed by atoms with E-state index in [0.717, 1.165) is 11.4 Å². The monoisotopic (exact) mass is 273 g/mol. The highest BCUT2D eigenvalue weighted by atomic mass is 16.5. The van der Waals surface area contributed by atoms with Gasteiger partial charge in [-0.15, -0.1) is 0 Å². The van der Waals surface area contributed by atoms with E-state index >= 15 is 0 Å². The second kappa shape index (κ2) is 4.88. The fourth-order valence-electron chi connectivity index (χ4n) is 2.45. The summed E-state index contributed by atoms with van der Waals surface area (Å²) in [5.74, 6) is 0. The molecule has 1 aromatic heterocycles. The molecule has 0 bridgehead atoms. The Morgan fingerprint density at radius 3 is 2.75 bits per heavy atom. The van der Waals surface area contributed by atoms with Crippen molar-refractivity contribution in [2.45, 2.75) is 13.0 Å². The lowest BCUT2D eigenvalue weighted by Crippen LogP contribution is -2.37. The molecular weight excluding hydrogens is 258 g/mol. The predicted molar refractivity (Wildman–Crippen MR) is 72.9 cm³/mol. The van der Waals surface area contributed by atoms with Crippen LogP contribution in [0.25, 0.3) is 5.69 Å². The summed E-state index contributed by atoms with van der Waals surface area (Å²) in [7, 11) is 1.34. The zero-order valence-corrected chi connectivity index (χ0v) is 11.1. The number of para-hydroxylation sites is 1. The standard InChI is InChI=1S/C14H15N3O3/c1-20-14(19)16-8-7-12-11(9-16)13(18)17(15-12)10-5-3-2-4-6-10/h2-6,15H,7-9H2,1H3. The number of fused-ring (bicyclic) bond motifs is 1. The second-order valence-electron chi connectivity index (χ2n) is 4.69. The molecule has 0 atom stereocenters. The van der Waals surface area contributed by atoms with Gasteiger partial charge >= 0.3 is 6.09 Å². The Bertz CT molecular complexity index is 687. The summed E-state index contributed by atoms with van der Waals surface area (Å²) in [6.07, 6.45) is 0.224. The number of nitrogens with one attached hydrogen (secondary N) is 1. The number of aromatic nitrogens is 2. The Hall–Kier alpha value is -2.50. The van der Waals surface area contributed by atoms with Gasteiger partial charge in [0.1, 0.15) is 0 Å². The van der Waals surface area contributed by atoms with Gasteiger partial charge in [-0.25, -0.2) is 9.48 Å². The molecule has 104 valence electrons. The number of nitrogens with zero attached hydrogens (tertiary/aromatic N) is 2. The van der Waals surface area contributed by atoms with Crippen molar-refractivity contribution in [1.29, 1.82) is 0 Å².